The summed E-state index contributed by atoms with van der Waals surface area (Å²) >= 11 is 0.913. The van der Waals surface area contributed by atoms with Crippen molar-refractivity contribution in [1.82, 2.24) is 10.2 Å². The lowest BCUT2D eigenvalue weighted by Crippen LogP contribution is -2.29. The van der Waals surface area contributed by atoms with Crippen molar-refractivity contribution in [2.24, 2.45) is 5.73 Å². The van der Waals surface area contributed by atoms with Crippen LogP contribution in [-0.4, -0.2) is 44.0 Å². The molecule has 2 fully saturated rings. The number of hydrogen-bond acceptors (Lipinski definition) is 4. The Bertz CT molecular complexity index is 584. The predicted octanol–water partition coefficient (Wildman–Crippen LogP) is 2.67. The molecule has 2 aliphatic heterocycles. The molecule has 23 heavy (non-hydrogen) atoms. The van der Waals surface area contributed by atoms with Crippen LogP contribution in [0.4, 0.5) is 8.78 Å². The van der Waals surface area contributed by atoms with Crippen molar-refractivity contribution >= 4 is 17.2 Å². The molecule has 0 bridgehead atoms. The third kappa shape index (κ3) is 3.27. The number of carbonyl (C=O) groups excluding carboxylic acids is 1. The van der Waals surface area contributed by atoms with Gasteiger partial charge in [-0.15, -0.1) is 11.3 Å². The molecular weight excluding hydrogens is 320 g/mol. The molecule has 4 nitrogen and oxygen atoms in total. The molecule has 3 heterocycles. The number of rotatable bonds is 4. The molecule has 2 unspecified atom stereocenters. The lowest BCUT2D eigenvalue weighted by atomic mass is 9.83. The van der Waals surface area contributed by atoms with Gasteiger partial charge < -0.3 is 16.0 Å². The molecule has 1 aromatic rings. The zero-order valence-electron chi connectivity index (χ0n) is 13.3. The normalized spacial score (nSPS) is 26.1. The number of nitrogens with zero attached hydrogens (tertiary/aromatic N) is 1. The van der Waals surface area contributed by atoms with Crippen LogP contribution in [0.2, 0.25) is 0 Å². The number of hydrogen-bond donors (Lipinski definition) is 2. The van der Waals surface area contributed by atoms with Crippen molar-refractivity contribution in [2.45, 2.75) is 37.5 Å². The van der Waals surface area contributed by atoms with Gasteiger partial charge in [0.1, 0.15) is 0 Å². The average molecular weight is 343 g/mol. The maximum Gasteiger partial charge on any atom is 0.273 e. The van der Waals surface area contributed by atoms with E-state index in [-0.39, 0.29) is 16.7 Å². The zero-order chi connectivity index (χ0) is 16.6. The summed E-state index contributed by atoms with van der Waals surface area (Å²) in [7, 11) is 2.02. The Morgan fingerprint density at radius 2 is 2.13 bits per heavy atom. The number of amides is 1. The maximum absolute atomic E-state index is 13.6. The van der Waals surface area contributed by atoms with Gasteiger partial charge in [-0.25, -0.2) is 8.78 Å². The second kappa shape index (κ2) is 6.83. The standard InChI is InChI=1S/C16H23F2N3OS/c1-21-6-4-10(8-21)12-11(9-3-2-5-20-7-9)13(15(17)18)23-14(12)16(19)22/h9-10,15,20H,2-8H2,1H3,(H2,19,22). The molecule has 7 heteroatoms. The first-order valence-electron chi connectivity index (χ1n) is 8.12. The molecule has 0 spiro atoms. The number of thiophene rings is 1. The van der Waals surface area contributed by atoms with Crippen LogP contribution in [0.15, 0.2) is 0 Å². The van der Waals surface area contributed by atoms with E-state index in [9.17, 15) is 13.6 Å². The number of likely N-dealkylation sites (tertiary alicyclic amines) is 1. The minimum atomic E-state index is -2.55. The number of nitrogens with two attached hydrogens (primary N) is 1. The molecule has 2 saturated heterocycles. The van der Waals surface area contributed by atoms with Gasteiger partial charge in [0.05, 0.1) is 9.75 Å². The molecule has 0 saturated carbocycles. The van der Waals surface area contributed by atoms with Crippen LogP contribution in [0.5, 0.6) is 0 Å². The second-order valence-corrected chi connectivity index (χ2v) is 7.63. The highest BCUT2D eigenvalue weighted by atomic mass is 32.1. The number of piperidine rings is 1. The Kier molecular flexibility index (Phi) is 4.98. The summed E-state index contributed by atoms with van der Waals surface area (Å²) in [5.74, 6) is -0.391. The molecule has 3 N–H and O–H groups in total. The SMILES string of the molecule is CN1CCC(c2c(C(N)=O)sc(C(F)F)c2C2CCCNC2)C1. The van der Waals surface area contributed by atoms with Crippen LogP contribution < -0.4 is 11.1 Å². The van der Waals surface area contributed by atoms with Crippen molar-refractivity contribution in [3.05, 3.63) is 20.9 Å². The lowest BCUT2D eigenvalue weighted by Gasteiger charge is -2.26. The van der Waals surface area contributed by atoms with Gasteiger partial charge in [0, 0.05) is 13.1 Å². The average Bonchev–Trinajstić information content (AvgIpc) is 3.11. The largest absolute Gasteiger partial charge is 0.365 e. The van der Waals surface area contributed by atoms with Crippen molar-refractivity contribution in [2.75, 3.05) is 33.2 Å². The first kappa shape index (κ1) is 16.8. The third-order valence-corrected chi connectivity index (χ3v) is 6.18. The minimum Gasteiger partial charge on any atom is -0.365 e. The second-order valence-electron chi connectivity index (χ2n) is 6.58. The van der Waals surface area contributed by atoms with E-state index in [1.54, 1.807) is 0 Å². The molecule has 3 rings (SSSR count). The van der Waals surface area contributed by atoms with Gasteiger partial charge in [-0.2, -0.15) is 0 Å². The summed E-state index contributed by atoms with van der Waals surface area (Å²) in [5, 5.41) is 3.30. The maximum atomic E-state index is 13.6. The highest BCUT2D eigenvalue weighted by Gasteiger charge is 2.36. The minimum absolute atomic E-state index is 0.0528. The molecule has 0 aromatic carbocycles. The fourth-order valence-corrected chi connectivity index (χ4v) is 5.10. The van der Waals surface area contributed by atoms with E-state index in [2.05, 4.69) is 10.2 Å². The van der Waals surface area contributed by atoms with Crippen molar-refractivity contribution in [3.63, 3.8) is 0 Å². The predicted molar refractivity (Wildman–Crippen MR) is 87.5 cm³/mol. The van der Waals surface area contributed by atoms with Gasteiger partial charge in [-0.05, 0) is 62.4 Å². The van der Waals surface area contributed by atoms with Gasteiger partial charge in [0.2, 0.25) is 0 Å². The third-order valence-electron chi connectivity index (χ3n) is 4.94. The van der Waals surface area contributed by atoms with Crippen LogP contribution in [0.1, 0.15) is 63.2 Å². The van der Waals surface area contributed by atoms with Crippen LogP contribution >= 0.6 is 11.3 Å². The topological polar surface area (TPSA) is 58.4 Å². The van der Waals surface area contributed by atoms with E-state index in [0.29, 0.717) is 17.0 Å². The molecule has 2 atom stereocenters. The van der Waals surface area contributed by atoms with Gasteiger partial charge in [0.25, 0.3) is 12.3 Å². The Balaban J connectivity index is 2.10. The van der Waals surface area contributed by atoms with Gasteiger partial charge >= 0.3 is 0 Å². The van der Waals surface area contributed by atoms with E-state index < -0.39 is 12.3 Å². The molecule has 0 aliphatic carbocycles. The molecule has 128 valence electrons. The number of alkyl halides is 2. The Morgan fingerprint density at radius 3 is 2.65 bits per heavy atom. The molecule has 1 amide bonds. The number of halogens is 2. The van der Waals surface area contributed by atoms with Crippen molar-refractivity contribution < 1.29 is 13.6 Å². The van der Waals surface area contributed by atoms with E-state index in [1.165, 1.54) is 0 Å². The van der Waals surface area contributed by atoms with Crippen LogP contribution in [0.25, 0.3) is 0 Å². The summed E-state index contributed by atoms with van der Waals surface area (Å²) in [6.07, 6.45) is 0.197. The fourth-order valence-electron chi connectivity index (χ4n) is 3.92. The smallest absolute Gasteiger partial charge is 0.273 e. The number of likely N-dealkylation sites (N-methyl/N-ethyl adjacent to an activating group) is 1. The van der Waals surface area contributed by atoms with Gasteiger partial charge in [0.15, 0.2) is 0 Å². The number of nitrogens with one attached hydrogen (secondary N) is 1. The first-order valence-corrected chi connectivity index (χ1v) is 8.94. The Hall–Kier alpha value is -1.05. The quantitative estimate of drug-likeness (QED) is 0.884. The molecule has 0 radical (unpaired) electrons. The number of primary amides is 1. The van der Waals surface area contributed by atoms with Gasteiger partial charge in [-0.1, -0.05) is 0 Å². The first-order chi connectivity index (χ1) is 11.0. The summed E-state index contributed by atoms with van der Waals surface area (Å²) in [6.45, 7) is 3.34. The summed E-state index contributed by atoms with van der Waals surface area (Å²) < 4.78 is 27.3. The summed E-state index contributed by atoms with van der Waals surface area (Å²) in [6, 6.07) is 0. The van der Waals surface area contributed by atoms with Crippen LogP contribution in [-0.2, 0) is 0 Å². The highest BCUT2D eigenvalue weighted by molar-refractivity contribution is 7.14. The van der Waals surface area contributed by atoms with E-state index >= 15 is 0 Å². The van der Waals surface area contributed by atoms with Crippen LogP contribution in [0.3, 0.4) is 0 Å². The fraction of sp³-hybridized carbons (Fsp3) is 0.688. The Labute approximate surface area is 139 Å². The summed E-state index contributed by atoms with van der Waals surface area (Å²) in [5.41, 5.74) is 7.06. The number of carbonyl (C=O) groups is 1. The molecule has 1 aromatic heterocycles. The monoisotopic (exact) mass is 343 g/mol. The van der Waals surface area contributed by atoms with Crippen LogP contribution in [0, 0.1) is 0 Å². The molecular formula is C16H23F2N3OS. The molecule has 2 aliphatic rings. The lowest BCUT2D eigenvalue weighted by molar-refractivity contribution is 0.100. The van der Waals surface area contributed by atoms with E-state index in [1.807, 2.05) is 7.05 Å². The summed E-state index contributed by atoms with van der Waals surface area (Å²) in [4.78, 5) is 14.5. The van der Waals surface area contributed by atoms with Crippen molar-refractivity contribution in [1.29, 1.82) is 0 Å². The highest BCUT2D eigenvalue weighted by Crippen LogP contribution is 2.46. The van der Waals surface area contributed by atoms with E-state index in [0.717, 1.165) is 55.8 Å². The van der Waals surface area contributed by atoms with Crippen molar-refractivity contribution in [3.8, 4) is 0 Å². The zero-order valence-corrected chi connectivity index (χ0v) is 14.1. The van der Waals surface area contributed by atoms with E-state index in [4.69, 9.17) is 5.73 Å². The Morgan fingerprint density at radius 1 is 1.35 bits per heavy atom. The van der Waals surface area contributed by atoms with Gasteiger partial charge in [-0.3, -0.25) is 4.79 Å².